The first-order valence-corrected chi connectivity index (χ1v) is 7.07. The van der Waals surface area contributed by atoms with Crippen LogP contribution in [-0.2, 0) is 0 Å². The molecule has 17 heavy (non-hydrogen) atoms. The topological polar surface area (TPSA) is 15.3 Å². The monoisotopic (exact) mass is 296 g/mol. The molecule has 0 amide bonds. The van der Waals surface area contributed by atoms with Gasteiger partial charge in [-0.05, 0) is 45.0 Å². The Morgan fingerprint density at radius 3 is 2.82 bits per heavy atom. The summed E-state index contributed by atoms with van der Waals surface area (Å²) in [6.07, 6.45) is 1.24. The molecule has 2 nitrogen and oxygen atoms in total. The van der Waals surface area contributed by atoms with Crippen LogP contribution in [0.2, 0.25) is 0 Å². The SMILES string of the molecule is CC(NC1CC(C)N(C)C1)c1cccc(Br)c1. The van der Waals surface area contributed by atoms with E-state index in [0.29, 0.717) is 18.1 Å². The molecule has 1 aliphatic rings. The van der Waals surface area contributed by atoms with Crippen LogP contribution in [0.1, 0.15) is 31.9 Å². The first-order chi connectivity index (χ1) is 8.06. The maximum absolute atomic E-state index is 3.72. The summed E-state index contributed by atoms with van der Waals surface area (Å²) in [4.78, 5) is 2.42. The van der Waals surface area contributed by atoms with Gasteiger partial charge in [0.1, 0.15) is 0 Å². The highest BCUT2D eigenvalue weighted by Crippen LogP contribution is 2.21. The van der Waals surface area contributed by atoms with E-state index in [9.17, 15) is 0 Å². The van der Waals surface area contributed by atoms with Crippen LogP contribution in [0.5, 0.6) is 0 Å². The molecule has 1 aliphatic heterocycles. The molecule has 3 unspecified atom stereocenters. The largest absolute Gasteiger partial charge is 0.306 e. The molecule has 1 N–H and O–H groups in total. The third kappa shape index (κ3) is 3.30. The van der Waals surface area contributed by atoms with Gasteiger partial charge in [0.2, 0.25) is 0 Å². The fraction of sp³-hybridized carbons (Fsp3) is 0.571. The Morgan fingerprint density at radius 1 is 1.47 bits per heavy atom. The smallest absolute Gasteiger partial charge is 0.0295 e. The lowest BCUT2D eigenvalue weighted by molar-refractivity contribution is 0.325. The fourth-order valence-electron chi connectivity index (χ4n) is 2.54. The number of nitrogens with zero attached hydrogens (tertiary/aromatic N) is 1. The minimum absolute atomic E-state index is 0.413. The molecule has 0 aromatic heterocycles. The molecule has 0 aliphatic carbocycles. The first-order valence-electron chi connectivity index (χ1n) is 6.28. The molecule has 0 saturated carbocycles. The van der Waals surface area contributed by atoms with Crippen LogP contribution in [0, 0.1) is 0 Å². The summed E-state index contributed by atoms with van der Waals surface area (Å²) in [6, 6.07) is 10.3. The van der Waals surface area contributed by atoms with Crippen LogP contribution >= 0.6 is 15.9 Å². The summed E-state index contributed by atoms with van der Waals surface area (Å²) in [5.41, 5.74) is 1.35. The quantitative estimate of drug-likeness (QED) is 0.921. The van der Waals surface area contributed by atoms with Gasteiger partial charge in [0.15, 0.2) is 0 Å². The third-order valence-electron chi connectivity index (χ3n) is 3.72. The Labute approximate surface area is 113 Å². The van der Waals surface area contributed by atoms with Crippen molar-refractivity contribution in [2.24, 2.45) is 0 Å². The summed E-state index contributed by atoms with van der Waals surface area (Å²) in [6.45, 7) is 5.69. The van der Waals surface area contributed by atoms with Crippen molar-refractivity contribution in [1.29, 1.82) is 0 Å². The maximum atomic E-state index is 3.72. The lowest BCUT2D eigenvalue weighted by Crippen LogP contribution is -2.33. The molecule has 1 heterocycles. The average Bonchev–Trinajstić information content (AvgIpc) is 2.58. The Kier molecular flexibility index (Phi) is 4.23. The van der Waals surface area contributed by atoms with Crippen molar-refractivity contribution in [3.05, 3.63) is 34.3 Å². The summed E-state index contributed by atoms with van der Waals surface area (Å²) in [5, 5.41) is 3.72. The van der Waals surface area contributed by atoms with Gasteiger partial charge in [-0.15, -0.1) is 0 Å². The Bertz CT molecular complexity index is 370. The van der Waals surface area contributed by atoms with Gasteiger partial charge >= 0.3 is 0 Å². The second-order valence-corrected chi connectivity index (χ2v) is 6.08. The highest BCUT2D eigenvalue weighted by molar-refractivity contribution is 9.10. The van der Waals surface area contributed by atoms with Crippen molar-refractivity contribution in [1.82, 2.24) is 10.2 Å². The summed E-state index contributed by atoms with van der Waals surface area (Å²) in [5.74, 6) is 0. The van der Waals surface area contributed by atoms with E-state index in [1.165, 1.54) is 12.0 Å². The van der Waals surface area contributed by atoms with Gasteiger partial charge in [0.25, 0.3) is 0 Å². The predicted octanol–water partition coefficient (Wildman–Crippen LogP) is 3.19. The van der Waals surface area contributed by atoms with Crippen LogP contribution in [-0.4, -0.2) is 30.6 Å². The second-order valence-electron chi connectivity index (χ2n) is 5.16. The second kappa shape index (κ2) is 5.51. The van der Waals surface area contributed by atoms with Gasteiger partial charge in [0.05, 0.1) is 0 Å². The summed E-state index contributed by atoms with van der Waals surface area (Å²) in [7, 11) is 2.20. The number of benzene rings is 1. The van der Waals surface area contributed by atoms with Gasteiger partial charge in [-0.2, -0.15) is 0 Å². The first kappa shape index (κ1) is 13.1. The van der Waals surface area contributed by atoms with E-state index in [1.807, 2.05) is 0 Å². The molecular weight excluding hydrogens is 276 g/mol. The number of hydrogen-bond acceptors (Lipinski definition) is 2. The number of nitrogens with one attached hydrogen (secondary N) is 1. The van der Waals surface area contributed by atoms with Crippen molar-refractivity contribution in [3.8, 4) is 0 Å². The maximum Gasteiger partial charge on any atom is 0.0295 e. The molecule has 1 saturated heterocycles. The molecular formula is C14H21BrN2. The van der Waals surface area contributed by atoms with E-state index in [2.05, 4.69) is 71.3 Å². The molecule has 0 radical (unpaired) electrons. The van der Waals surface area contributed by atoms with Crippen LogP contribution in [0.25, 0.3) is 0 Å². The Hall–Kier alpha value is -0.380. The van der Waals surface area contributed by atoms with Crippen LogP contribution < -0.4 is 5.32 Å². The van der Waals surface area contributed by atoms with E-state index >= 15 is 0 Å². The number of hydrogen-bond donors (Lipinski definition) is 1. The molecule has 0 spiro atoms. The summed E-state index contributed by atoms with van der Waals surface area (Å²) < 4.78 is 1.15. The molecule has 3 atom stereocenters. The third-order valence-corrected chi connectivity index (χ3v) is 4.21. The number of likely N-dealkylation sites (N-methyl/N-ethyl adjacent to an activating group) is 1. The molecule has 1 fully saturated rings. The Balaban J connectivity index is 1.96. The van der Waals surface area contributed by atoms with Crippen LogP contribution in [0.4, 0.5) is 0 Å². The lowest BCUT2D eigenvalue weighted by atomic mass is 10.1. The number of rotatable bonds is 3. The van der Waals surface area contributed by atoms with Crippen molar-refractivity contribution in [2.45, 2.75) is 38.4 Å². The van der Waals surface area contributed by atoms with Gasteiger partial charge in [-0.25, -0.2) is 0 Å². The molecule has 1 aromatic rings. The number of halogens is 1. The van der Waals surface area contributed by atoms with Gasteiger partial charge in [0, 0.05) is 29.1 Å². The van der Waals surface area contributed by atoms with Gasteiger partial charge in [-0.1, -0.05) is 28.1 Å². The molecule has 94 valence electrons. The van der Waals surface area contributed by atoms with E-state index in [1.54, 1.807) is 0 Å². The van der Waals surface area contributed by atoms with Crippen molar-refractivity contribution in [3.63, 3.8) is 0 Å². The van der Waals surface area contributed by atoms with Crippen LogP contribution in [0.3, 0.4) is 0 Å². The van der Waals surface area contributed by atoms with E-state index in [4.69, 9.17) is 0 Å². The molecule has 1 aromatic carbocycles. The zero-order chi connectivity index (χ0) is 12.4. The molecule has 3 heteroatoms. The van der Waals surface area contributed by atoms with E-state index in [0.717, 1.165) is 11.0 Å². The van der Waals surface area contributed by atoms with Crippen molar-refractivity contribution < 1.29 is 0 Å². The standard InChI is InChI=1S/C14H21BrN2/c1-10-7-14(9-17(10)3)16-11(2)12-5-4-6-13(15)8-12/h4-6,8,10-11,14,16H,7,9H2,1-3H3. The van der Waals surface area contributed by atoms with Crippen molar-refractivity contribution in [2.75, 3.05) is 13.6 Å². The van der Waals surface area contributed by atoms with E-state index < -0.39 is 0 Å². The molecule has 0 bridgehead atoms. The number of likely N-dealkylation sites (tertiary alicyclic amines) is 1. The molecule has 2 rings (SSSR count). The zero-order valence-electron chi connectivity index (χ0n) is 10.8. The highest BCUT2D eigenvalue weighted by atomic mass is 79.9. The summed E-state index contributed by atoms with van der Waals surface area (Å²) >= 11 is 3.53. The van der Waals surface area contributed by atoms with Gasteiger partial charge in [-0.3, -0.25) is 0 Å². The lowest BCUT2D eigenvalue weighted by Gasteiger charge is -2.20. The van der Waals surface area contributed by atoms with E-state index in [-0.39, 0.29) is 0 Å². The minimum Gasteiger partial charge on any atom is -0.306 e. The highest BCUT2D eigenvalue weighted by Gasteiger charge is 2.26. The minimum atomic E-state index is 0.413. The van der Waals surface area contributed by atoms with Gasteiger partial charge < -0.3 is 10.2 Å². The zero-order valence-corrected chi connectivity index (χ0v) is 12.4. The predicted molar refractivity (Wildman–Crippen MR) is 76.2 cm³/mol. The average molecular weight is 297 g/mol. The Morgan fingerprint density at radius 2 is 2.24 bits per heavy atom. The fourth-order valence-corrected chi connectivity index (χ4v) is 2.96. The van der Waals surface area contributed by atoms with Crippen LogP contribution in [0.15, 0.2) is 28.7 Å². The normalized spacial score (nSPS) is 27.3. The van der Waals surface area contributed by atoms with Crippen molar-refractivity contribution >= 4 is 15.9 Å².